The number of aryl methyl sites for hydroxylation is 1. The molecule has 0 radical (unpaired) electrons. The standard InChI is InChI=1S/C16H12N2OS/c1-9-6-7-11-12(8-9)18-16-14(15(19)17-11)10-4-2-3-5-13(10)20-16/h2-8,18H,1H3,(H,17,19). The molecule has 2 heterocycles. The van der Waals surface area contributed by atoms with Crippen LogP contribution in [0.15, 0.2) is 42.5 Å². The zero-order valence-electron chi connectivity index (χ0n) is 10.9. The molecule has 0 unspecified atom stereocenters. The lowest BCUT2D eigenvalue weighted by Crippen LogP contribution is -2.10. The molecule has 3 aromatic rings. The van der Waals surface area contributed by atoms with Crippen LogP contribution in [0, 0.1) is 6.92 Å². The SMILES string of the molecule is Cc1ccc2c(c1)Nc1sc3ccccc3c1C(=O)N2. The molecule has 20 heavy (non-hydrogen) atoms. The van der Waals surface area contributed by atoms with Crippen LogP contribution in [0.3, 0.4) is 0 Å². The number of nitrogens with one attached hydrogen (secondary N) is 2. The molecule has 3 nitrogen and oxygen atoms in total. The molecule has 2 aromatic carbocycles. The van der Waals surface area contributed by atoms with Gasteiger partial charge in [-0.05, 0) is 30.7 Å². The Hall–Kier alpha value is -2.33. The van der Waals surface area contributed by atoms with Gasteiger partial charge in [0.2, 0.25) is 0 Å². The monoisotopic (exact) mass is 280 g/mol. The Morgan fingerprint density at radius 2 is 1.85 bits per heavy atom. The smallest absolute Gasteiger partial charge is 0.259 e. The van der Waals surface area contributed by atoms with Crippen LogP contribution in [0.25, 0.3) is 10.1 Å². The highest BCUT2D eigenvalue weighted by atomic mass is 32.1. The minimum atomic E-state index is -0.0486. The van der Waals surface area contributed by atoms with Crippen molar-refractivity contribution in [2.75, 3.05) is 10.6 Å². The van der Waals surface area contributed by atoms with Gasteiger partial charge in [0, 0.05) is 10.1 Å². The third kappa shape index (κ3) is 1.62. The maximum absolute atomic E-state index is 12.5. The fourth-order valence-corrected chi connectivity index (χ4v) is 3.65. The molecule has 0 saturated heterocycles. The first-order chi connectivity index (χ1) is 9.72. The van der Waals surface area contributed by atoms with Crippen molar-refractivity contribution in [3.63, 3.8) is 0 Å². The van der Waals surface area contributed by atoms with Gasteiger partial charge in [0.1, 0.15) is 5.00 Å². The average Bonchev–Trinajstić information content (AvgIpc) is 2.73. The number of carbonyl (C=O) groups excluding carboxylic acids is 1. The van der Waals surface area contributed by atoms with Crippen LogP contribution in [0.1, 0.15) is 15.9 Å². The molecule has 1 aliphatic rings. The second-order valence-corrected chi connectivity index (χ2v) is 5.98. The highest BCUT2D eigenvalue weighted by Gasteiger charge is 2.23. The predicted molar refractivity (Wildman–Crippen MR) is 84.2 cm³/mol. The first-order valence-corrected chi connectivity index (χ1v) is 7.24. The summed E-state index contributed by atoms with van der Waals surface area (Å²) in [5, 5.41) is 8.30. The van der Waals surface area contributed by atoms with Gasteiger partial charge in [-0.25, -0.2) is 0 Å². The molecule has 1 amide bonds. The number of anilines is 3. The fraction of sp³-hybridized carbons (Fsp3) is 0.0625. The van der Waals surface area contributed by atoms with Crippen LogP contribution in [-0.2, 0) is 0 Å². The van der Waals surface area contributed by atoms with E-state index in [-0.39, 0.29) is 5.91 Å². The predicted octanol–water partition coefficient (Wildman–Crippen LogP) is 4.52. The van der Waals surface area contributed by atoms with E-state index in [1.807, 2.05) is 43.3 Å². The molecule has 0 bridgehead atoms. The van der Waals surface area contributed by atoms with E-state index in [0.717, 1.165) is 37.6 Å². The number of hydrogen-bond acceptors (Lipinski definition) is 3. The first kappa shape index (κ1) is 11.5. The van der Waals surface area contributed by atoms with Crippen LogP contribution in [-0.4, -0.2) is 5.91 Å². The largest absolute Gasteiger partial charge is 0.345 e. The van der Waals surface area contributed by atoms with E-state index in [9.17, 15) is 4.79 Å². The lowest BCUT2D eigenvalue weighted by Gasteiger charge is -2.08. The van der Waals surface area contributed by atoms with Crippen molar-refractivity contribution in [2.24, 2.45) is 0 Å². The quantitative estimate of drug-likeness (QED) is 0.635. The Morgan fingerprint density at radius 1 is 1.00 bits per heavy atom. The summed E-state index contributed by atoms with van der Waals surface area (Å²) in [7, 11) is 0. The maximum atomic E-state index is 12.5. The highest BCUT2D eigenvalue weighted by molar-refractivity contribution is 7.23. The third-order valence-electron chi connectivity index (χ3n) is 3.49. The molecule has 0 aliphatic carbocycles. The average molecular weight is 280 g/mol. The lowest BCUT2D eigenvalue weighted by atomic mass is 10.1. The van der Waals surface area contributed by atoms with E-state index in [1.165, 1.54) is 0 Å². The van der Waals surface area contributed by atoms with Gasteiger partial charge in [-0.15, -0.1) is 11.3 Å². The summed E-state index contributed by atoms with van der Waals surface area (Å²) in [5.74, 6) is -0.0486. The minimum Gasteiger partial charge on any atom is -0.345 e. The Morgan fingerprint density at radius 3 is 2.75 bits per heavy atom. The number of carbonyl (C=O) groups is 1. The van der Waals surface area contributed by atoms with Crippen molar-refractivity contribution in [3.8, 4) is 0 Å². The van der Waals surface area contributed by atoms with Gasteiger partial charge in [0.05, 0.1) is 16.9 Å². The summed E-state index contributed by atoms with van der Waals surface area (Å²) < 4.78 is 1.12. The van der Waals surface area contributed by atoms with Crippen molar-refractivity contribution in [1.82, 2.24) is 0 Å². The third-order valence-corrected chi connectivity index (χ3v) is 4.58. The number of amides is 1. The summed E-state index contributed by atoms with van der Waals surface area (Å²) in [4.78, 5) is 12.5. The Bertz CT molecular complexity index is 851. The highest BCUT2D eigenvalue weighted by Crippen LogP contribution is 2.41. The molecular weight excluding hydrogens is 268 g/mol. The molecule has 0 saturated carbocycles. The van der Waals surface area contributed by atoms with Crippen LogP contribution >= 0.6 is 11.3 Å². The summed E-state index contributed by atoms with van der Waals surface area (Å²) in [6.45, 7) is 2.04. The van der Waals surface area contributed by atoms with Crippen molar-refractivity contribution in [1.29, 1.82) is 0 Å². The maximum Gasteiger partial charge on any atom is 0.259 e. The number of fused-ring (bicyclic) bond motifs is 4. The van der Waals surface area contributed by atoms with Gasteiger partial charge in [0.25, 0.3) is 5.91 Å². The molecule has 0 fully saturated rings. The normalized spacial score (nSPS) is 13.2. The number of thiophene rings is 1. The lowest BCUT2D eigenvalue weighted by molar-refractivity contribution is 0.103. The molecular formula is C16H12N2OS. The summed E-state index contributed by atoms with van der Waals surface area (Å²) in [6, 6.07) is 14.0. The van der Waals surface area contributed by atoms with E-state index in [0.29, 0.717) is 0 Å². The number of benzene rings is 2. The van der Waals surface area contributed by atoms with Crippen molar-refractivity contribution >= 4 is 43.7 Å². The molecule has 0 spiro atoms. The Balaban J connectivity index is 1.98. The summed E-state index contributed by atoms with van der Waals surface area (Å²) >= 11 is 1.61. The molecule has 2 N–H and O–H groups in total. The van der Waals surface area contributed by atoms with Gasteiger partial charge < -0.3 is 10.6 Å². The number of rotatable bonds is 0. The van der Waals surface area contributed by atoms with Gasteiger partial charge in [-0.2, -0.15) is 0 Å². The van der Waals surface area contributed by atoms with Gasteiger partial charge >= 0.3 is 0 Å². The van der Waals surface area contributed by atoms with Gasteiger partial charge in [0.15, 0.2) is 0 Å². The summed E-state index contributed by atoms with van der Waals surface area (Å²) in [6.07, 6.45) is 0. The van der Waals surface area contributed by atoms with Gasteiger partial charge in [-0.3, -0.25) is 4.79 Å². The van der Waals surface area contributed by atoms with Crippen LogP contribution in [0.4, 0.5) is 16.4 Å². The van der Waals surface area contributed by atoms with E-state index in [2.05, 4.69) is 16.7 Å². The fourth-order valence-electron chi connectivity index (χ4n) is 2.54. The molecule has 1 aliphatic heterocycles. The van der Waals surface area contributed by atoms with Crippen molar-refractivity contribution < 1.29 is 4.79 Å². The molecule has 98 valence electrons. The Kier molecular flexibility index (Phi) is 2.35. The molecule has 0 atom stereocenters. The van der Waals surface area contributed by atoms with Crippen LogP contribution < -0.4 is 10.6 Å². The van der Waals surface area contributed by atoms with E-state index < -0.39 is 0 Å². The summed E-state index contributed by atoms with van der Waals surface area (Å²) in [5.41, 5.74) is 3.67. The minimum absolute atomic E-state index is 0.0486. The zero-order valence-corrected chi connectivity index (χ0v) is 11.7. The van der Waals surface area contributed by atoms with E-state index in [1.54, 1.807) is 11.3 Å². The van der Waals surface area contributed by atoms with Crippen molar-refractivity contribution in [3.05, 3.63) is 53.6 Å². The second-order valence-electron chi connectivity index (χ2n) is 4.93. The molecule has 4 heteroatoms. The van der Waals surface area contributed by atoms with Crippen LogP contribution in [0.5, 0.6) is 0 Å². The topological polar surface area (TPSA) is 41.1 Å². The molecule has 4 rings (SSSR count). The van der Waals surface area contributed by atoms with Crippen molar-refractivity contribution in [2.45, 2.75) is 6.92 Å². The second kappa shape index (κ2) is 4.08. The Labute approximate surface area is 120 Å². The van der Waals surface area contributed by atoms with E-state index >= 15 is 0 Å². The first-order valence-electron chi connectivity index (χ1n) is 6.43. The van der Waals surface area contributed by atoms with Gasteiger partial charge in [-0.1, -0.05) is 24.3 Å². The molecule has 1 aromatic heterocycles. The van der Waals surface area contributed by atoms with Crippen LogP contribution in [0.2, 0.25) is 0 Å². The van der Waals surface area contributed by atoms with E-state index in [4.69, 9.17) is 0 Å². The number of hydrogen-bond donors (Lipinski definition) is 2. The zero-order chi connectivity index (χ0) is 13.7.